The van der Waals surface area contributed by atoms with Crippen molar-refractivity contribution in [2.45, 2.75) is 25.7 Å². The first-order chi connectivity index (χ1) is 13.5. The average Bonchev–Trinajstić information content (AvgIpc) is 2.74. The number of amides is 2. The van der Waals surface area contributed by atoms with Gasteiger partial charge >= 0.3 is 0 Å². The van der Waals surface area contributed by atoms with Crippen LogP contribution in [0.1, 0.15) is 35.2 Å². The molecule has 5 heteroatoms. The Hall–Kier alpha value is -2.14. The van der Waals surface area contributed by atoms with Crippen LogP contribution in [0.25, 0.3) is 0 Å². The van der Waals surface area contributed by atoms with E-state index in [4.69, 9.17) is 0 Å². The van der Waals surface area contributed by atoms with Gasteiger partial charge in [0, 0.05) is 42.6 Å². The Morgan fingerprint density at radius 1 is 1.04 bits per heavy atom. The number of halogens is 1. The monoisotopic (exact) mass is 442 g/mol. The molecule has 2 amide bonds. The standard InChI is InChI=1S/C23H27BrN2O2/c1-25(15-5-8-18-6-3-2-4-7-18)22(27)20-13-16-26(17-14-20)23(28)19-9-11-21(24)12-10-19/h2-4,6-7,9-12,20H,5,8,13-17H2,1H3. The molecular formula is C23H27BrN2O2. The minimum absolute atomic E-state index is 0.0238. The second-order valence-corrected chi connectivity index (χ2v) is 8.34. The van der Waals surface area contributed by atoms with Gasteiger partial charge < -0.3 is 9.80 Å². The van der Waals surface area contributed by atoms with Crippen molar-refractivity contribution in [1.82, 2.24) is 9.80 Å². The van der Waals surface area contributed by atoms with E-state index < -0.39 is 0 Å². The van der Waals surface area contributed by atoms with Crippen molar-refractivity contribution in [1.29, 1.82) is 0 Å². The first kappa shape index (κ1) is 20.6. The van der Waals surface area contributed by atoms with Crippen LogP contribution in [0, 0.1) is 5.92 Å². The summed E-state index contributed by atoms with van der Waals surface area (Å²) in [4.78, 5) is 29.1. The van der Waals surface area contributed by atoms with E-state index in [9.17, 15) is 9.59 Å². The molecule has 0 bridgehead atoms. The molecule has 1 aliphatic heterocycles. The lowest BCUT2D eigenvalue weighted by Crippen LogP contribution is -2.43. The third kappa shape index (κ3) is 5.44. The summed E-state index contributed by atoms with van der Waals surface area (Å²) in [6.07, 6.45) is 3.43. The first-order valence-electron chi connectivity index (χ1n) is 9.88. The fourth-order valence-corrected chi connectivity index (χ4v) is 3.96. The third-order valence-electron chi connectivity index (χ3n) is 5.40. The summed E-state index contributed by atoms with van der Waals surface area (Å²) in [7, 11) is 1.90. The number of hydrogen-bond donors (Lipinski definition) is 0. The van der Waals surface area contributed by atoms with Gasteiger partial charge in [-0.1, -0.05) is 46.3 Å². The molecule has 0 aromatic heterocycles. The van der Waals surface area contributed by atoms with Gasteiger partial charge in [0.25, 0.3) is 5.91 Å². The molecule has 4 nitrogen and oxygen atoms in total. The molecule has 0 spiro atoms. The van der Waals surface area contributed by atoms with Crippen LogP contribution in [-0.4, -0.2) is 48.3 Å². The van der Waals surface area contributed by atoms with E-state index in [1.165, 1.54) is 5.56 Å². The normalized spacial score (nSPS) is 14.7. The lowest BCUT2D eigenvalue weighted by atomic mass is 9.94. The summed E-state index contributed by atoms with van der Waals surface area (Å²) in [6, 6.07) is 17.8. The van der Waals surface area contributed by atoms with Gasteiger partial charge in [-0.25, -0.2) is 0 Å². The number of hydrogen-bond acceptors (Lipinski definition) is 2. The highest BCUT2D eigenvalue weighted by Crippen LogP contribution is 2.22. The van der Waals surface area contributed by atoms with Gasteiger partial charge in [0.15, 0.2) is 0 Å². The summed E-state index contributed by atoms with van der Waals surface area (Å²) >= 11 is 3.39. The molecule has 0 unspecified atom stereocenters. The largest absolute Gasteiger partial charge is 0.346 e. The number of aryl methyl sites for hydroxylation is 1. The van der Waals surface area contributed by atoms with Crippen LogP contribution in [0.2, 0.25) is 0 Å². The molecule has 0 saturated carbocycles. The maximum Gasteiger partial charge on any atom is 0.253 e. The molecule has 1 aliphatic rings. The third-order valence-corrected chi connectivity index (χ3v) is 5.93. The fourth-order valence-electron chi connectivity index (χ4n) is 3.69. The molecule has 0 aliphatic carbocycles. The summed E-state index contributed by atoms with van der Waals surface area (Å²) in [5, 5.41) is 0. The molecule has 0 N–H and O–H groups in total. The number of piperidine rings is 1. The van der Waals surface area contributed by atoms with E-state index in [-0.39, 0.29) is 17.7 Å². The van der Waals surface area contributed by atoms with Gasteiger partial charge in [-0.2, -0.15) is 0 Å². The maximum absolute atomic E-state index is 12.7. The lowest BCUT2D eigenvalue weighted by Gasteiger charge is -2.33. The molecule has 2 aromatic rings. The Balaban J connectivity index is 1.43. The number of rotatable bonds is 6. The molecule has 148 valence electrons. The molecule has 0 atom stereocenters. The summed E-state index contributed by atoms with van der Waals surface area (Å²) in [6.45, 7) is 2.05. The molecule has 0 radical (unpaired) electrons. The number of nitrogens with zero attached hydrogens (tertiary/aromatic N) is 2. The summed E-state index contributed by atoms with van der Waals surface area (Å²) < 4.78 is 0.962. The van der Waals surface area contributed by atoms with Gasteiger partial charge in [-0.05, 0) is 55.5 Å². The van der Waals surface area contributed by atoms with Gasteiger partial charge in [0.1, 0.15) is 0 Å². The Morgan fingerprint density at radius 3 is 2.32 bits per heavy atom. The minimum atomic E-state index is 0.0238. The van der Waals surface area contributed by atoms with Crippen LogP contribution in [0.5, 0.6) is 0 Å². The molecule has 1 saturated heterocycles. The van der Waals surface area contributed by atoms with Crippen molar-refractivity contribution >= 4 is 27.7 Å². The second-order valence-electron chi connectivity index (χ2n) is 7.42. The van der Waals surface area contributed by atoms with E-state index in [2.05, 4.69) is 28.1 Å². The average molecular weight is 443 g/mol. The van der Waals surface area contributed by atoms with Crippen molar-refractivity contribution < 1.29 is 9.59 Å². The number of likely N-dealkylation sites (tertiary alicyclic amines) is 1. The van der Waals surface area contributed by atoms with E-state index >= 15 is 0 Å². The molecule has 2 aromatic carbocycles. The van der Waals surface area contributed by atoms with Crippen molar-refractivity contribution in [2.24, 2.45) is 5.92 Å². The van der Waals surface area contributed by atoms with E-state index in [1.54, 1.807) is 0 Å². The zero-order chi connectivity index (χ0) is 19.9. The van der Waals surface area contributed by atoms with E-state index in [0.717, 1.165) is 36.7 Å². The molecule has 1 fully saturated rings. The van der Waals surface area contributed by atoms with Crippen LogP contribution < -0.4 is 0 Å². The first-order valence-corrected chi connectivity index (χ1v) is 10.7. The number of carbonyl (C=O) groups excluding carboxylic acids is 2. The lowest BCUT2D eigenvalue weighted by molar-refractivity contribution is -0.135. The second kappa shape index (κ2) is 9.87. The van der Waals surface area contributed by atoms with Gasteiger partial charge in [-0.3, -0.25) is 9.59 Å². The topological polar surface area (TPSA) is 40.6 Å². The van der Waals surface area contributed by atoms with Gasteiger partial charge in [0.2, 0.25) is 5.91 Å². The zero-order valence-electron chi connectivity index (χ0n) is 16.3. The van der Waals surface area contributed by atoms with E-state index in [1.807, 2.05) is 59.3 Å². The van der Waals surface area contributed by atoms with Crippen molar-refractivity contribution in [3.63, 3.8) is 0 Å². The number of benzene rings is 2. The molecule has 3 rings (SSSR count). The predicted octanol–water partition coefficient (Wildman–Crippen LogP) is 4.39. The van der Waals surface area contributed by atoms with Gasteiger partial charge in [-0.15, -0.1) is 0 Å². The van der Waals surface area contributed by atoms with Crippen LogP contribution in [-0.2, 0) is 11.2 Å². The highest BCUT2D eigenvalue weighted by Gasteiger charge is 2.29. The van der Waals surface area contributed by atoms with Crippen LogP contribution in [0.4, 0.5) is 0 Å². The number of carbonyl (C=O) groups is 2. The van der Waals surface area contributed by atoms with Crippen molar-refractivity contribution in [3.8, 4) is 0 Å². The molecule has 1 heterocycles. The Morgan fingerprint density at radius 2 is 1.68 bits per heavy atom. The zero-order valence-corrected chi connectivity index (χ0v) is 17.9. The highest BCUT2D eigenvalue weighted by molar-refractivity contribution is 9.10. The fraction of sp³-hybridized carbons (Fsp3) is 0.391. The van der Waals surface area contributed by atoms with Crippen LogP contribution in [0.3, 0.4) is 0 Å². The SMILES string of the molecule is CN(CCCc1ccccc1)C(=O)C1CCN(C(=O)c2ccc(Br)cc2)CC1. The highest BCUT2D eigenvalue weighted by atomic mass is 79.9. The minimum Gasteiger partial charge on any atom is -0.346 e. The Kier molecular flexibility index (Phi) is 7.26. The maximum atomic E-state index is 12.7. The van der Waals surface area contributed by atoms with Crippen molar-refractivity contribution in [2.75, 3.05) is 26.7 Å². The predicted molar refractivity (Wildman–Crippen MR) is 115 cm³/mol. The van der Waals surface area contributed by atoms with Crippen LogP contribution in [0.15, 0.2) is 59.1 Å². The van der Waals surface area contributed by atoms with Crippen LogP contribution >= 0.6 is 15.9 Å². The summed E-state index contributed by atoms with van der Waals surface area (Å²) in [5.74, 6) is 0.286. The molecule has 28 heavy (non-hydrogen) atoms. The molecular weight excluding hydrogens is 416 g/mol. The van der Waals surface area contributed by atoms with Crippen molar-refractivity contribution in [3.05, 3.63) is 70.2 Å². The van der Waals surface area contributed by atoms with Gasteiger partial charge in [0.05, 0.1) is 0 Å². The summed E-state index contributed by atoms with van der Waals surface area (Å²) in [5.41, 5.74) is 2.01. The Bertz CT molecular complexity index is 784. The Labute approximate surface area is 175 Å². The quantitative estimate of drug-likeness (QED) is 0.665. The van der Waals surface area contributed by atoms with E-state index in [0.29, 0.717) is 18.7 Å². The smallest absolute Gasteiger partial charge is 0.253 e.